The van der Waals surface area contributed by atoms with Gasteiger partial charge < -0.3 is 10.3 Å². The number of H-pyrrole nitrogens is 1. The van der Waals surface area contributed by atoms with E-state index in [1.807, 2.05) is 0 Å². The number of carbonyl (C=O) groups is 1. The van der Waals surface area contributed by atoms with E-state index in [0.717, 1.165) is 6.20 Å². The Morgan fingerprint density at radius 2 is 2.18 bits per heavy atom. The highest BCUT2D eigenvalue weighted by Gasteiger charge is 2.06. The smallest absolute Gasteiger partial charge is 0.257 e. The summed E-state index contributed by atoms with van der Waals surface area (Å²) in [6, 6.07) is 5.14. The van der Waals surface area contributed by atoms with E-state index in [0.29, 0.717) is 0 Å². The summed E-state index contributed by atoms with van der Waals surface area (Å²) in [6.45, 7) is 0. The summed E-state index contributed by atoms with van der Waals surface area (Å²) in [4.78, 5) is 28.7. The van der Waals surface area contributed by atoms with Crippen LogP contribution in [0.15, 0.2) is 41.5 Å². The van der Waals surface area contributed by atoms with Gasteiger partial charge in [-0.2, -0.15) is 0 Å². The first-order chi connectivity index (χ1) is 8.15. The van der Waals surface area contributed by atoms with Gasteiger partial charge in [-0.05, 0) is 18.2 Å². The molecule has 0 aliphatic heterocycles. The number of amides is 1. The molecular formula is C11H8FN3O2. The highest BCUT2D eigenvalue weighted by Crippen LogP contribution is 2.05. The van der Waals surface area contributed by atoms with Gasteiger partial charge in [-0.15, -0.1) is 0 Å². The summed E-state index contributed by atoms with van der Waals surface area (Å²) in [7, 11) is 0. The van der Waals surface area contributed by atoms with Gasteiger partial charge in [-0.25, -0.2) is 9.37 Å². The molecule has 0 atom stereocenters. The molecule has 2 rings (SSSR count). The standard InChI is InChI=1S/C11H8FN3O2/c12-8-1-2-9(14-6-8)15-11(17)7-3-4-13-10(16)5-7/h1-6H,(H,13,16)(H,14,15,17). The average molecular weight is 233 g/mol. The Morgan fingerprint density at radius 1 is 1.35 bits per heavy atom. The van der Waals surface area contributed by atoms with Crippen LogP contribution in [0.3, 0.4) is 0 Å². The van der Waals surface area contributed by atoms with Gasteiger partial charge in [-0.3, -0.25) is 9.59 Å². The van der Waals surface area contributed by atoms with Gasteiger partial charge >= 0.3 is 0 Å². The number of pyridine rings is 2. The third-order valence-corrected chi connectivity index (χ3v) is 2.01. The maximum Gasteiger partial charge on any atom is 0.257 e. The van der Waals surface area contributed by atoms with Gasteiger partial charge in [0.15, 0.2) is 0 Å². The second-order valence-electron chi connectivity index (χ2n) is 3.26. The van der Waals surface area contributed by atoms with Gasteiger partial charge in [0.1, 0.15) is 11.6 Å². The Morgan fingerprint density at radius 3 is 2.82 bits per heavy atom. The summed E-state index contributed by atoms with van der Waals surface area (Å²) in [6.07, 6.45) is 2.36. The van der Waals surface area contributed by atoms with Gasteiger partial charge in [0.2, 0.25) is 5.56 Å². The van der Waals surface area contributed by atoms with Gasteiger partial charge in [-0.1, -0.05) is 0 Å². The molecule has 2 aromatic rings. The van der Waals surface area contributed by atoms with Crippen LogP contribution in [0.5, 0.6) is 0 Å². The van der Waals surface area contributed by atoms with E-state index in [1.54, 1.807) is 0 Å². The Kier molecular flexibility index (Phi) is 2.95. The van der Waals surface area contributed by atoms with Gasteiger partial charge in [0.25, 0.3) is 5.91 Å². The molecule has 17 heavy (non-hydrogen) atoms. The number of nitrogens with one attached hydrogen (secondary N) is 2. The quantitative estimate of drug-likeness (QED) is 0.817. The average Bonchev–Trinajstić information content (AvgIpc) is 2.32. The van der Waals surface area contributed by atoms with Crippen LogP contribution >= 0.6 is 0 Å². The van der Waals surface area contributed by atoms with Crippen LogP contribution in [-0.2, 0) is 0 Å². The monoisotopic (exact) mass is 233 g/mol. The minimum absolute atomic E-state index is 0.208. The minimum Gasteiger partial charge on any atom is -0.329 e. The molecule has 86 valence electrons. The second kappa shape index (κ2) is 4.56. The molecule has 2 heterocycles. The lowest BCUT2D eigenvalue weighted by Gasteiger charge is -2.03. The summed E-state index contributed by atoms with van der Waals surface area (Å²) in [5.74, 6) is -0.744. The molecule has 0 fully saturated rings. The third kappa shape index (κ3) is 2.75. The summed E-state index contributed by atoms with van der Waals surface area (Å²) >= 11 is 0. The van der Waals surface area contributed by atoms with Crippen molar-refractivity contribution in [2.24, 2.45) is 0 Å². The highest BCUT2D eigenvalue weighted by atomic mass is 19.1. The molecule has 0 bridgehead atoms. The lowest BCUT2D eigenvalue weighted by molar-refractivity contribution is 0.102. The van der Waals surface area contributed by atoms with Gasteiger partial charge in [0, 0.05) is 17.8 Å². The number of hydrogen-bond acceptors (Lipinski definition) is 3. The van der Waals surface area contributed by atoms with E-state index in [-0.39, 0.29) is 16.9 Å². The zero-order chi connectivity index (χ0) is 12.3. The summed E-state index contributed by atoms with van der Waals surface area (Å²) in [5, 5.41) is 2.44. The summed E-state index contributed by atoms with van der Waals surface area (Å²) < 4.78 is 12.6. The van der Waals surface area contributed by atoms with Crippen LogP contribution in [0.25, 0.3) is 0 Å². The molecule has 2 N–H and O–H groups in total. The van der Waals surface area contributed by atoms with Crippen LogP contribution in [0.4, 0.5) is 10.2 Å². The highest BCUT2D eigenvalue weighted by molar-refractivity contribution is 6.03. The maximum atomic E-state index is 12.6. The van der Waals surface area contributed by atoms with Crippen molar-refractivity contribution in [1.29, 1.82) is 0 Å². The molecule has 0 saturated carbocycles. The van der Waals surface area contributed by atoms with Crippen molar-refractivity contribution in [3.8, 4) is 0 Å². The molecule has 0 saturated heterocycles. The predicted octanol–water partition coefficient (Wildman–Crippen LogP) is 1.16. The number of hydrogen-bond donors (Lipinski definition) is 2. The lowest BCUT2D eigenvalue weighted by Crippen LogP contribution is -2.16. The Labute approximate surface area is 95.3 Å². The molecule has 0 aromatic carbocycles. The van der Waals surface area contributed by atoms with E-state index in [1.165, 1.54) is 30.5 Å². The first-order valence-electron chi connectivity index (χ1n) is 4.77. The van der Waals surface area contributed by atoms with Crippen molar-refractivity contribution >= 4 is 11.7 Å². The first-order valence-corrected chi connectivity index (χ1v) is 4.77. The summed E-state index contributed by atoms with van der Waals surface area (Å²) in [5.41, 5.74) is -0.162. The van der Waals surface area contributed by atoms with Crippen LogP contribution < -0.4 is 10.9 Å². The maximum absolute atomic E-state index is 12.6. The number of rotatable bonds is 2. The Balaban J connectivity index is 2.17. The van der Waals surface area contributed by atoms with Crippen molar-refractivity contribution in [1.82, 2.24) is 9.97 Å². The van der Waals surface area contributed by atoms with E-state index < -0.39 is 11.7 Å². The Bertz CT molecular complexity index is 592. The van der Waals surface area contributed by atoms with Gasteiger partial charge in [0.05, 0.1) is 6.20 Å². The fourth-order valence-electron chi connectivity index (χ4n) is 1.22. The fourth-order valence-corrected chi connectivity index (χ4v) is 1.22. The van der Waals surface area contributed by atoms with Crippen molar-refractivity contribution in [3.05, 3.63) is 58.4 Å². The molecule has 0 aliphatic carbocycles. The SMILES string of the molecule is O=C(Nc1ccc(F)cn1)c1cc[nH]c(=O)c1. The normalized spacial score (nSPS) is 9.94. The molecule has 0 spiro atoms. The van der Waals surface area contributed by atoms with E-state index in [4.69, 9.17) is 0 Å². The van der Waals surface area contributed by atoms with Crippen LogP contribution in [0.1, 0.15) is 10.4 Å². The predicted molar refractivity (Wildman–Crippen MR) is 59.2 cm³/mol. The number of aromatic nitrogens is 2. The molecular weight excluding hydrogens is 225 g/mol. The van der Waals surface area contributed by atoms with Crippen molar-refractivity contribution in [2.75, 3.05) is 5.32 Å². The molecule has 6 heteroatoms. The first kappa shape index (κ1) is 11.0. The van der Waals surface area contributed by atoms with Crippen molar-refractivity contribution < 1.29 is 9.18 Å². The van der Waals surface area contributed by atoms with Crippen molar-refractivity contribution in [3.63, 3.8) is 0 Å². The minimum atomic E-state index is -0.487. The molecule has 5 nitrogen and oxygen atoms in total. The molecule has 0 unspecified atom stereocenters. The molecule has 1 amide bonds. The number of aromatic amines is 1. The molecule has 0 radical (unpaired) electrons. The molecule has 0 aliphatic rings. The van der Waals surface area contributed by atoms with E-state index in [2.05, 4.69) is 15.3 Å². The zero-order valence-corrected chi connectivity index (χ0v) is 8.61. The van der Waals surface area contributed by atoms with E-state index in [9.17, 15) is 14.0 Å². The lowest BCUT2D eigenvalue weighted by atomic mass is 10.2. The number of nitrogens with zero attached hydrogens (tertiary/aromatic N) is 1. The fraction of sp³-hybridized carbons (Fsp3) is 0. The van der Waals surface area contributed by atoms with Crippen LogP contribution in [0.2, 0.25) is 0 Å². The number of anilines is 1. The van der Waals surface area contributed by atoms with Crippen molar-refractivity contribution in [2.45, 2.75) is 0 Å². The topological polar surface area (TPSA) is 74.8 Å². The molecule has 2 aromatic heterocycles. The van der Waals surface area contributed by atoms with Crippen LogP contribution in [0, 0.1) is 5.82 Å². The second-order valence-corrected chi connectivity index (χ2v) is 3.26. The van der Waals surface area contributed by atoms with E-state index >= 15 is 0 Å². The number of carbonyl (C=O) groups excluding carboxylic acids is 1. The zero-order valence-electron chi connectivity index (χ0n) is 8.61. The van der Waals surface area contributed by atoms with Crippen LogP contribution in [-0.4, -0.2) is 15.9 Å². The third-order valence-electron chi connectivity index (χ3n) is 2.01. The Hall–Kier alpha value is -2.50. The number of halogens is 1. The largest absolute Gasteiger partial charge is 0.329 e.